The van der Waals surface area contributed by atoms with Gasteiger partial charge in [0.15, 0.2) is 0 Å². The summed E-state index contributed by atoms with van der Waals surface area (Å²) in [6.45, 7) is 2.39. The number of hydrogen-bond acceptors (Lipinski definition) is 5. The Hall–Kier alpha value is -1.57. The third-order valence-electron chi connectivity index (χ3n) is 2.59. The van der Waals surface area contributed by atoms with Crippen molar-refractivity contribution in [3.05, 3.63) is 11.9 Å². The molecule has 0 fully saturated rings. The topological polar surface area (TPSA) is 59.1 Å². The van der Waals surface area contributed by atoms with Crippen LogP contribution in [0.4, 0.5) is 24.8 Å². The Morgan fingerprint density at radius 2 is 1.95 bits per heavy atom. The lowest BCUT2D eigenvalue weighted by Crippen LogP contribution is -2.26. The van der Waals surface area contributed by atoms with Crippen molar-refractivity contribution in [1.29, 1.82) is 0 Å². The van der Waals surface area contributed by atoms with Crippen LogP contribution in [0.2, 0.25) is 0 Å². The lowest BCUT2D eigenvalue weighted by molar-refractivity contribution is -0.144. The molecule has 0 amide bonds. The summed E-state index contributed by atoms with van der Waals surface area (Å²) in [5.41, 5.74) is 0. The lowest BCUT2D eigenvalue weighted by atomic mass is 10.2. The highest BCUT2D eigenvalue weighted by Crippen LogP contribution is 2.28. The highest BCUT2D eigenvalue weighted by molar-refractivity contribution is 5.48. The fraction of sp³-hybridized carbons (Fsp3) is 0.667. The second kappa shape index (κ2) is 7.28. The average Bonchev–Trinajstić information content (AvgIpc) is 2.38. The van der Waals surface area contributed by atoms with Gasteiger partial charge < -0.3 is 15.4 Å². The number of anilines is 2. The standard InChI is InChI=1S/C12H19F3N4O/c1-4-5-8(7-20-3)17-10-6-9(16-2)18-11(19-10)12(13,14)15/h6,8H,4-5,7H2,1-3H3,(H2,16,17,18,19). The SMILES string of the molecule is CCCC(COC)Nc1cc(NC)nc(C(F)(F)F)n1. The molecule has 8 heteroatoms. The molecule has 1 rings (SSSR count). The van der Waals surface area contributed by atoms with Crippen LogP contribution in [-0.2, 0) is 10.9 Å². The van der Waals surface area contributed by atoms with E-state index >= 15 is 0 Å². The molecular formula is C12H19F3N4O. The van der Waals surface area contributed by atoms with Gasteiger partial charge in [0.2, 0.25) is 5.82 Å². The number of methoxy groups -OCH3 is 1. The van der Waals surface area contributed by atoms with Crippen molar-refractivity contribution >= 4 is 11.6 Å². The van der Waals surface area contributed by atoms with Crippen LogP contribution in [0.25, 0.3) is 0 Å². The summed E-state index contributed by atoms with van der Waals surface area (Å²) < 4.78 is 43.2. The molecule has 0 bridgehead atoms. The van der Waals surface area contributed by atoms with Crippen LogP contribution in [0.1, 0.15) is 25.6 Å². The van der Waals surface area contributed by atoms with Crippen LogP contribution in [0.3, 0.4) is 0 Å². The van der Waals surface area contributed by atoms with Crippen molar-refractivity contribution < 1.29 is 17.9 Å². The van der Waals surface area contributed by atoms with Gasteiger partial charge in [-0.15, -0.1) is 0 Å². The second-order valence-corrected chi connectivity index (χ2v) is 4.30. The van der Waals surface area contributed by atoms with Crippen LogP contribution in [0, 0.1) is 0 Å². The quantitative estimate of drug-likeness (QED) is 0.809. The maximum absolute atomic E-state index is 12.7. The molecule has 0 aliphatic carbocycles. The number of rotatable bonds is 7. The fourth-order valence-electron chi connectivity index (χ4n) is 1.73. The molecule has 1 aromatic rings. The molecule has 2 N–H and O–H groups in total. The zero-order valence-corrected chi connectivity index (χ0v) is 11.7. The van der Waals surface area contributed by atoms with E-state index in [2.05, 4.69) is 20.6 Å². The monoisotopic (exact) mass is 292 g/mol. The minimum atomic E-state index is -4.58. The molecule has 20 heavy (non-hydrogen) atoms. The number of halogens is 3. The van der Waals surface area contributed by atoms with Gasteiger partial charge in [-0.1, -0.05) is 13.3 Å². The zero-order valence-electron chi connectivity index (χ0n) is 11.7. The summed E-state index contributed by atoms with van der Waals surface area (Å²) in [6, 6.07) is 1.35. The van der Waals surface area contributed by atoms with Crippen molar-refractivity contribution in [3.8, 4) is 0 Å². The number of nitrogens with zero attached hydrogens (tertiary/aromatic N) is 2. The van der Waals surface area contributed by atoms with Gasteiger partial charge in [0.1, 0.15) is 11.6 Å². The van der Waals surface area contributed by atoms with E-state index in [9.17, 15) is 13.2 Å². The Kier molecular flexibility index (Phi) is 6.00. The van der Waals surface area contributed by atoms with E-state index in [4.69, 9.17) is 4.74 Å². The normalized spacial score (nSPS) is 13.1. The summed E-state index contributed by atoms with van der Waals surface area (Å²) in [4.78, 5) is 6.92. The zero-order chi connectivity index (χ0) is 15.2. The third-order valence-corrected chi connectivity index (χ3v) is 2.59. The Bertz CT molecular complexity index is 420. The Balaban J connectivity index is 2.98. The molecule has 0 spiro atoms. The summed E-state index contributed by atoms with van der Waals surface area (Å²) in [6.07, 6.45) is -2.92. The molecule has 0 aliphatic heterocycles. The highest BCUT2D eigenvalue weighted by atomic mass is 19.4. The second-order valence-electron chi connectivity index (χ2n) is 4.30. The van der Waals surface area contributed by atoms with Crippen molar-refractivity contribution in [2.75, 3.05) is 31.4 Å². The maximum atomic E-state index is 12.7. The first-order chi connectivity index (χ1) is 9.40. The predicted molar refractivity (Wildman–Crippen MR) is 70.8 cm³/mol. The van der Waals surface area contributed by atoms with Gasteiger partial charge >= 0.3 is 6.18 Å². The Morgan fingerprint density at radius 3 is 2.45 bits per heavy atom. The van der Waals surface area contributed by atoms with Gasteiger partial charge in [0.05, 0.1) is 12.6 Å². The first kappa shape index (κ1) is 16.5. The van der Waals surface area contributed by atoms with Crippen LogP contribution >= 0.6 is 0 Å². The highest BCUT2D eigenvalue weighted by Gasteiger charge is 2.35. The number of nitrogens with one attached hydrogen (secondary N) is 2. The number of aromatic nitrogens is 2. The molecule has 1 aromatic heterocycles. The average molecular weight is 292 g/mol. The fourth-order valence-corrected chi connectivity index (χ4v) is 1.73. The summed E-state index contributed by atoms with van der Waals surface area (Å²) in [5.74, 6) is -0.922. The molecule has 0 aliphatic rings. The number of alkyl halides is 3. The van der Waals surface area contributed by atoms with E-state index in [0.717, 1.165) is 12.8 Å². The van der Waals surface area contributed by atoms with E-state index in [1.54, 1.807) is 7.11 Å². The minimum Gasteiger partial charge on any atom is -0.383 e. The van der Waals surface area contributed by atoms with Crippen molar-refractivity contribution in [1.82, 2.24) is 9.97 Å². The number of hydrogen-bond donors (Lipinski definition) is 2. The molecule has 0 saturated carbocycles. The van der Waals surface area contributed by atoms with Gasteiger partial charge in [-0.05, 0) is 6.42 Å². The van der Waals surface area contributed by atoms with Crippen LogP contribution < -0.4 is 10.6 Å². The maximum Gasteiger partial charge on any atom is 0.451 e. The van der Waals surface area contributed by atoms with Gasteiger partial charge in [-0.25, -0.2) is 9.97 Å². The molecule has 0 aromatic carbocycles. The molecule has 1 heterocycles. The first-order valence-electron chi connectivity index (χ1n) is 6.30. The van der Waals surface area contributed by atoms with Crippen LogP contribution in [0.5, 0.6) is 0 Å². The van der Waals surface area contributed by atoms with E-state index < -0.39 is 12.0 Å². The predicted octanol–water partition coefficient (Wildman–Crippen LogP) is 2.76. The molecule has 1 unspecified atom stereocenters. The molecule has 0 saturated heterocycles. The van der Waals surface area contributed by atoms with Crippen molar-refractivity contribution in [2.45, 2.75) is 32.0 Å². The van der Waals surface area contributed by atoms with E-state index in [1.165, 1.54) is 13.1 Å². The molecule has 114 valence electrons. The largest absolute Gasteiger partial charge is 0.451 e. The molecule has 1 atom stereocenters. The van der Waals surface area contributed by atoms with Crippen LogP contribution in [0.15, 0.2) is 6.07 Å². The van der Waals surface area contributed by atoms with Gasteiger partial charge in [-0.2, -0.15) is 13.2 Å². The lowest BCUT2D eigenvalue weighted by Gasteiger charge is -2.19. The van der Waals surface area contributed by atoms with Crippen molar-refractivity contribution in [2.24, 2.45) is 0 Å². The van der Waals surface area contributed by atoms with E-state index in [-0.39, 0.29) is 17.7 Å². The van der Waals surface area contributed by atoms with E-state index in [1.807, 2.05) is 6.92 Å². The Labute approximate surface area is 116 Å². The van der Waals surface area contributed by atoms with E-state index in [0.29, 0.717) is 6.61 Å². The summed E-state index contributed by atoms with van der Waals surface area (Å²) in [5, 5.41) is 5.55. The third kappa shape index (κ3) is 4.84. The molecule has 0 radical (unpaired) electrons. The first-order valence-corrected chi connectivity index (χ1v) is 6.30. The van der Waals surface area contributed by atoms with Gasteiger partial charge in [0, 0.05) is 20.2 Å². The molecule has 5 nitrogen and oxygen atoms in total. The number of ether oxygens (including phenoxy) is 1. The van der Waals surface area contributed by atoms with Crippen LogP contribution in [-0.4, -0.2) is 36.8 Å². The summed E-state index contributed by atoms with van der Waals surface area (Å²) in [7, 11) is 3.05. The Morgan fingerprint density at radius 1 is 1.30 bits per heavy atom. The van der Waals surface area contributed by atoms with Gasteiger partial charge in [-0.3, -0.25) is 0 Å². The summed E-state index contributed by atoms with van der Waals surface area (Å²) >= 11 is 0. The van der Waals surface area contributed by atoms with Crippen molar-refractivity contribution in [3.63, 3.8) is 0 Å². The smallest absolute Gasteiger partial charge is 0.383 e. The minimum absolute atomic E-state index is 0.0920. The van der Waals surface area contributed by atoms with Gasteiger partial charge in [0.25, 0.3) is 0 Å². The molecular weight excluding hydrogens is 273 g/mol.